The molecule has 2 rings (SSSR count). The Morgan fingerprint density at radius 1 is 1.27 bits per heavy atom. The summed E-state index contributed by atoms with van der Waals surface area (Å²) in [6, 6.07) is 11.5. The van der Waals surface area contributed by atoms with Crippen molar-refractivity contribution in [3.63, 3.8) is 0 Å². The number of amides is 1. The van der Waals surface area contributed by atoms with Gasteiger partial charge in [0.1, 0.15) is 5.75 Å². The molecule has 0 aliphatic heterocycles. The molecule has 6 heteroatoms. The zero-order valence-electron chi connectivity index (χ0n) is 11.8. The van der Waals surface area contributed by atoms with Crippen LogP contribution in [0.2, 0.25) is 0 Å². The second-order valence-corrected chi connectivity index (χ2v) is 7.19. The number of hydrogen-bond acceptors (Lipinski definition) is 3. The fraction of sp³-hybridized carbons (Fsp3) is 0.125. The molecular weight excluding hydrogens is 506 g/mol. The molecule has 114 valence electrons. The lowest BCUT2D eigenvalue weighted by atomic mass is 10.1. The third kappa shape index (κ3) is 4.94. The highest BCUT2D eigenvalue weighted by molar-refractivity contribution is 14.1. The zero-order valence-corrected chi connectivity index (χ0v) is 16.1. The van der Waals surface area contributed by atoms with Gasteiger partial charge in [-0.25, -0.2) is 5.43 Å². The number of halogens is 2. The normalized spacial score (nSPS) is 10.9. The van der Waals surface area contributed by atoms with Crippen LogP contribution < -0.4 is 5.43 Å². The lowest BCUT2D eigenvalue weighted by Gasteiger charge is -2.03. The van der Waals surface area contributed by atoms with Crippen molar-refractivity contribution in [2.45, 2.75) is 13.3 Å². The number of carbonyl (C=O) groups is 1. The summed E-state index contributed by atoms with van der Waals surface area (Å²) in [4.78, 5) is 11.8. The van der Waals surface area contributed by atoms with Crippen molar-refractivity contribution in [3.8, 4) is 5.75 Å². The van der Waals surface area contributed by atoms with E-state index in [1.807, 2.05) is 37.3 Å². The SMILES string of the molecule is Cc1ccc(CC(=O)N/N=C/c2cc(I)cc(I)c2O)cc1. The molecule has 0 saturated carbocycles. The Morgan fingerprint density at radius 3 is 2.64 bits per heavy atom. The summed E-state index contributed by atoms with van der Waals surface area (Å²) >= 11 is 4.22. The number of aromatic hydroxyl groups is 1. The van der Waals surface area contributed by atoms with Crippen molar-refractivity contribution >= 4 is 57.3 Å². The monoisotopic (exact) mass is 520 g/mol. The minimum atomic E-state index is -0.195. The first-order valence-electron chi connectivity index (χ1n) is 6.51. The molecule has 0 bridgehead atoms. The number of phenolic OH excluding ortho intramolecular Hbond substituents is 1. The van der Waals surface area contributed by atoms with E-state index in [1.165, 1.54) is 6.21 Å². The number of benzene rings is 2. The van der Waals surface area contributed by atoms with Gasteiger partial charge in [0.2, 0.25) is 5.91 Å². The Kier molecular flexibility index (Phi) is 6.18. The Bertz CT molecular complexity index is 713. The molecule has 1 amide bonds. The molecular formula is C16H14I2N2O2. The Labute approximate surface area is 156 Å². The van der Waals surface area contributed by atoms with E-state index < -0.39 is 0 Å². The summed E-state index contributed by atoms with van der Waals surface area (Å²) in [6.07, 6.45) is 1.72. The van der Waals surface area contributed by atoms with E-state index in [0.717, 1.165) is 18.3 Å². The van der Waals surface area contributed by atoms with Crippen LogP contribution in [0.3, 0.4) is 0 Å². The van der Waals surface area contributed by atoms with E-state index in [1.54, 1.807) is 6.07 Å². The van der Waals surface area contributed by atoms with Crippen molar-refractivity contribution in [1.29, 1.82) is 0 Å². The molecule has 0 aliphatic rings. The lowest BCUT2D eigenvalue weighted by molar-refractivity contribution is -0.120. The largest absolute Gasteiger partial charge is 0.506 e. The third-order valence-corrected chi connectivity index (χ3v) is 4.38. The minimum Gasteiger partial charge on any atom is -0.506 e. The molecule has 0 saturated heterocycles. The van der Waals surface area contributed by atoms with Gasteiger partial charge in [0.25, 0.3) is 0 Å². The number of rotatable bonds is 4. The Balaban J connectivity index is 1.97. The highest BCUT2D eigenvalue weighted by Crippen LogP contribution is 2.25. The average Bonchev–Trinajstić information content (AvgIpc) is 2.46. The average molecular weight is 520 g/mol. The summed E-state index contributed by atoms with van der Waals surface area (Å²) in [7, 11) is 0. The predicted molar refractivity (Wildman–Crippen MR) is 104 cm³/mol. The maximum absolute atomic E-state index is 11.8. The van der Waals surface area contributed by atoms with Crippen LogP contribution in [0.25, 0.3) is 0 Å². The number of nitrogens with zero attached hydrogens (tertiary/aromatic N) is 1. The topological polar surface area (TPSA) is 61.7 Å². The van der Waals surface area contributed by atoms with Gasteiger partial charge in [-0.1, -0.05) is 29.8 Å². The van der Waals surface area contributed by atoms with Crippen LogP contribution >= 0.6 is 45.2 Å². The van der Waals surface area contributed by atoms with Gasteiger partial charge in [0, 0.05) is 9.13 Å². The van der Waals surface area contributed by atoms with E-state index >= 15 is 0 Å². The molecule has 0 spiro atoms. The molecule has 0 heterocycles. The fourth-order valence-corrected chi connectivity index (χ4v) is 3.68. The van der Waals surface area contributed by atoms with Crippen LogP contribution in [0.4, 0.5) is 0 Å². The van der Waals surface area contributed by atoms with Gasteiger partial charge in [0.15, 0.2) is 0 Å². The summed E-state index contributed by atoms with van der Waals surface area (Å²) < 4.78 is 1.74. The molecule has 0 atom stereocenters. The van der Waals surface area contributed by atoms with E-state index in [4.69, 9.17) is 0 Å². The molecule has 0 fully saturated rings. The third-order valence-electron chi connectivity index (χ3n) is 2.94. The zero-order chi connectivity index (χ0) is 16.1. The van der Waals surface area contributed by atoms with Crippen molar-refractivity contribution in [2.24, 2.45) is 5.10 Å². The second-order valence-electron chi connectivity index (χ2n) is 4.78. The molecule has 0 radical (unpaired) electrons. The number of aryl methyl sites for hydroxylation is 1. The second kappa shape index (κ2) is 7.91. The van der Waals surface area contributed by atoms with Gasteiger partial charge in [0.05, 0.1) is 16.2 Å². The Morgan fingerprint density at radius 2 is 1.95 bits per heavy atom. The highest BCUT2D eigenvalue weighted by atomic mass is 127. The lowest BCUT2D eigenvalue weighted by Crippen LogP contribution is -2.19. The van der Waals surface area contributed by atoms with Gasteiger partial charge in [-0.2, -0.15) is 5.10 Å². The standard InChI is InChI=1S/C16H14I2N2O2/c1-10-2-4-11(5-3-10)6-15(21)20-19-9-12-7-13(17)8-14(18)16(12)22/h2-5,7-9,22H,6H2,1H3,(H,20,21)/b19-9+. The fourth-order valence-electron chi connectivity index (χ4n) is 1.79. The van der Waals surface area contributed by atoms with E-state index in [2.05, 4.69) is 55.7 Å². The first-order chi connectivity index (χ1) is 10.5. The predicted octanol–water partition coefficient (Wildman–Crippen LogP) is 3.60. The van der Waals surface area contributed by atoms with Gasteiger partial charge in [-0.3, -0.25) is 4.79 Å². The van der Waals surface area contributed by atoms with Gasteiger partial charge in [-0.05, 0) is 69.8 Å². The molecule has 0 aliphatic carbocycles. The maximum Gasteiger partial charge on any atom is 0.244 e. The number of nitrogens with one attached hydrogen (secondary N) is 1. The van der Waals surface area contributed by atoms with Crippen LogP contribution in [0, 0.1) is 14.1 Å². The maximum atomic E-state index is 11.8. The number of carbonyl (C=O) groups excluding carboxylic acids is 1. The van der Waals surface area contributed by atoms with E-state index in [9.17, 15) is 9.90 Å². The van der Waals surface area contributed by atoms with Crippen LogP contribution in [-0.4, -0.2) is 17.2 Å². The van der Waals surface area contributed by atoms with Crippen molar-refractivity contribution < 1.29 is 9.90 Å². The van der Waals surface area contributed by atoms with Gasteiger partial charge >= 0.3 is 0 Å². The highest BCUT2D eigenvalue weighted by Gasteiger charge is 2.06. The summed E-state index contributed by atoms with van der Waals surface area (Å²) in [5, 5.41) is 13.8. The summed E-state index contributed by atoms with van der Waals surface area (Å²) in [5.74, 6) is -0.0301. The Hall–Kier alpha value is -1.16. The molecule has 2 aromatic rings. The summed E-state index contributed by atoms with van der Waals surface area (Å²) in [5.41, 5.74) is 5.14. The van der Waals surface area contributed by atoms with E-state index in [0.29, 0.717) is 5.56 Å². The molecule has 4 nitrogen and oxygen atoms in total. The van der Waals surface area contributed by atoms with Crippen molar-refractivity contribution in [2.75, 3.05) is 0 Å². The van der Waals surface area contributed by atoms with Crippen LogP contribution in [0.1, 0.15) is 16.7 Å². The number of hydrogen-bond donors (Lipinski definition) is 2. The molecule has 22 heavy (non-hydrogen) atoms. The van der Waals surface area contributed by atoms with Crippen LogP contribution in [-0.2, 0) is 11.2 Å². The van der Waals surface area contributed by atoms with E-state index in [-0.39, 0.29) is 18.1 Å². The summed E-state index contributed by atoms with van der Waals surface area (Å²) in [6.45, 7) is 2.00. The molecule has 2 aromatic carbocycles. The van der Waals surface area contributed by atoms with Gasteiger partial charge in [-0.15, -0.1) is 0 Å². The van der Waals surface area contributed by atoms with Crippen molar-refractivity contribution in [3.05, 3.63) is 60.2 Å². The minimum absolute atomic E-state index is 0.164. The number of phenols is 1. The van der Waals surface area contributed by atoms with Crippen LogP contribution in [0.5, 0.6) is 5.75 Å². The van der Waals surface area contributed by atoms with Crippen molar-refractivity contribution in [1.82, 2.24) is 5.43 Å². The first-order valence-corrected chi connectivity index (χ1v) is 8.67. The van der Waals surface area contributed by atoms with Crippen LogP contribution in [0.15, 0.2) is 41.5 Å². The molecule has 0 aromatic heterocycles. The molecule has 0 unspecified atom stereocenters. The smallest absolute Gasteiger partial charge is 0.244 e. The first kappa shape index (κ1) is 17.2. The van der Waals surface area contributed by atoms with Gasteiger partial charge < -0.3 is 5.11 Å². The quantitative estimate of drug-likeness (QED) is 0.368. The molecule has 2 N–H and O–H groups in total. The number of hydrazone groups is 1.